The van der Waals surface area contributed by atoms with Crippen LogP contribution >= 0.6 is 15.9 Å². The lowest BCUT2D eigenvalue weighted by Gasteiger charge is -2.24. The molecule has 1 heterocycles. The summed E-state index contributed by atoms with van der Waals surface area (Å²) in [6.07, 6.45) is 0. The second kappa shape index (κ2) is 8.77. The van der Waals surface area contributed by atoms with E-state index < -0.39 is 35.1 Å². The average molecular weight is 469 g/mol. The van der Waals surface area contributed by atoms with Crippen molar-refractivity contribution in [3.8, 4) is 11.5 Å². The van der Waals surface area contributed by atoms with Gasteiger partial charge in [0.1, 0.15) is 36.5 Å². The van der Waals surface area contributed by atoms with Crippen LogP contribution in [-0.2, 0) is 4.79 Å². The molecule has 3 rings (SSSR count). The molecule has 1 aliphatic heterocycles. The summed E-state index contributed by atoms with van der Waals surface area (Å²) in [5.41, 5.74) is -0.317. The largest absolute Gasteiger partial charge is 0.486 e. The van der Waals surface area contributed by atoms with Crippen molar-refractivity contribution in [1.29, 1.82) is 0 Å². The van der Waals surface area contributed by atoms with Crippen LogP contribution in [0.5, 0.6) is 11.5 Å². The summed E-state index contributed by atoms with van der Waals surface area (Å²) in [6.45, 7) is 4.24. The summed E-state index contributed by atoms with van der Waals surface area (Å²) in [4.78, 5) is 25.2. The number of fused-ring (bicyclic) bond motifs is 1. The predicted octanol–water partition coefficient (Wildman–Crippen LogP) is 3.89. The molecular weight excluding hydrogens is 450 g/mol. The number of hydrogen-bond acceptors (Lipinski definition) is 4. The second-order valence-corrected chi connectivity index (χ2v) is 7.61. The summed E-state index contributed by atoms with van der Waals surface area (Å²) >= 11 is 3.36. The van der Waals surface area contributed by atoms with Crippen molar-refractivity contribution >= 4 is 33.4 Å². The van der Waals surface area contributed by atoms with Crippen molar-refractivity contribution in [3.63, 3.8) is 0 Å². The number of hydrogen-bond donors (Lipinski definition) is 2. The Morgan fingerprint density at radius 2 is 1.66 bits per heavy atom. The van der Waals surface area contributed by atoms with Crippen LogP contribution in [0.3, 0.4) is 0 Å². The van der Waals surface area contributed by atoms with Crippen LogP contribution in [-0.4, -0.2) is 31.1 Å². The van der Waals surface area contributed by atoms with Crippen LogP contribution in [0, 0.1) is 17.6 Å². The van der Waals surface area contributed by atoms with Gasteiger partial charge < -0.3 is 20.1 Å². The van der Waals surface area contributed by atoms with Crippen LogP contribution in [0.2, 0.25) is 0 Å². The van der Waals surface area contributed by atoms with Crippen molar-refractivity contribution < 1.29 is 27.8 Å². The first kappa shape index (κ1) is 21.0. The highest BCUT2D eigenvalue weighted by molar-refractivity contribution is 9.10. The quantitative estimate of drug-likeness (QED) is 0.697. The van der Waals surface area contributed by atoms with E-state index in [-0.39, 0.29) is 5.92 Å². The summed E-state index contributed by atoms with van der Waals surface area (Å²) in [5, 5.41) is 5.12. The molecule has 1 unspecified atom stereocenters. The molecular formula is C20H19BrF2N2O4. The third-order valence-electron chi connectivity index (χ3n) is 4.32. The minimum atomic E-state index is -1.03. The molecule has 2 aromatic rings. The fourth-order valence-electron chi connectivity index (χ4n) is 2.83. The Morgan fingerprint density at radius 1 is 1.07 bits per heavy atom. The molecule has 9 heteroatoms. The van der Waals surface area contributed by atoms with Crippen molar-refractivity contribution in [1.82, 2.24) is 5.32 Å². The number of amides is 2. The molecule has 154 valence electrons. The van der Waals surface area contributed by atoms with E-state index in [0.29, 0.717) is 34.9 Å². The number of anilines is 1. The predicted molar refractivity (Wildman–Crippen MR) is 106 cm³/mol. The molecule has 0 saturated heterocycles. The normalized spacial score (nSPS) is 13.7. The van der Waals surface area contributed by atoms with Crippen molar-refractivity contribution in [2.24, 2.45) is 5.92 Å². The standard InChI is InChI=1S/C20H19BrF2N2O4/c1-10(2)18(25-19(26)17-12(22)4-3-5-13(17)23)20(27)24-14-9-16-15(8-11(14)21)28-6-7-29-16/h3-5,8-10,18H,6-7H2,1-2H3,(H,24,27)(H,25,26). The highest BCUT2D eigenvalue weighted by atomic mass is 79.9. The monoisotopic (exact) mass is 468 g/mol. The van der Waals surface area contributed by atoms with E-state index in [1.807, 2.05) is 0 Å². The van der Waals surface area contributed by atoms with E-state index in [2.05, 4.69) is 26.6 Å². The number of benzene rings is 2. The molecule has 2 aromatic carbocycles. The second-order valence-electron chi connectivity index (χ2n) is 6.76. The van der Waals surface area contributed by atoms with Gasteiger partial charge in [0.25, 0.3) is 5.91 Å². The van der Waals surface area contributed by atoms with Gasteiger partial charge in [0.05, 0.1) is 5.69 Å². The van der Waals surface area contributed by atoms with Gasteiger partial charge in [0.15, 0.2) is 11.5 Å². The molecule has 0 aromatic heterocycles. The number of nitrogens with one attached hydrogen (secondary N) is 2. The van der Waals surface area contributed by atoms with Gasteiger partial charge in [-0.1, -0.05) is 19.9 Å². The lowest BCUT2D eigenvalue weighted by molar-refractivity contribution is -0.118. The van der Waals surface area contributed by atoms with Crippen LogP contribution < -0.4 is 20.1 Å². The topological polar surface area (TPSA) is 76.7 Å². The van der Waals surface area contributed by atoms with Gasteiger partial charge in [-0.25, -0.2) is 8.78 Å². The number of rotatable bonds is 5. The summed E-state index contributed by atoms with van der Waals surface area (Å²) < 4.78 is 39.3. The van der Waals surface area contributed by atoms with Gasteiger partial charge in [-0.15, -0.1) is 0 Å². The Bertz CT molecular complexity index is 932. The molecule has 0 bridgehead atoms. The van der Waals surface area contributed by atoms with Crippen molar-refractivity contribution in [3.05, 3.63) is 52.0 Å². The van der Waals surface area contributed by atoms with Crippen molar-refractivity contribution in [2.45, 2.75) is 19.9 Å². The molecule has 29 heavy (non-hydrogen) atoms. The third kappa shape index (κ3) is 4.67. The lowest BCUT2D eigenvalue weighted by Crippen LogP contribution is -2.47. The average Bonchev–Trinajstić information content (AvgIpc) is 2.66. The van der Waals surface area contributed by atoms with Gasteiger partial charge in [-0.2, -0.15) is 0 Å². The minimum absolute atomic E-state index is 0.343. The number of halogens is 3. The SMILES string of the molecule is CC(C)C(NC(=O)c1c(F)cccc1F)C(=O)Nc1cc2c(cc1Br)OCCO2. The molecule has 0 radical (unpaired) electrons. The first-order valence-corrected chi connectivity index (χ1v) is 9.72. The summed E-state index contributed by atoms with van der Waals surface area (Å²) in [5.74, 6) is -2.86. The summed E-state index contributed by atoms with van der Waals surface area (Å²) in [6, 6.07) is 5.37. The third-order valence-corrected chi connectivity index (χ3v) is 4.97. The van der Waals surface area contributed by atoms with Crippen molar-refractivity contribution in [2.75, 3.05) is 18.5 Å². The maximum Gasteiger partial charge on any atom is 0.257 e. The molecule has 1 atom stereocenters. The van der Waals surface area contributed by atoms with E-state index in [0.717, 1.165) is 18.2 Å². The molecule has 6 nitrogen and oxygen atoms in total. The lowest BCUT2D eigenvalue weighted by atomic mass is 10.0. The van der Waals surface area contributed by atoms with Gasteiger partial charge in [0, 0.05) is 16.6 Å². The molecule has 0 fully saturated rings. The van der Waals surface area contributed by atoms with E-state index in [9.17, 15) is 18.4 Å². The number of ether oxygens (including phenoxy) is 2. The first-order chi connectivity index (χ1) is 13.8. The first-order valence-electron chi connectivity index (χ1n) is 8.92. The van der Waals surface area contributed by atoms with E-state index >= 15 is 0 Å². The maximum absolute atomic E-state index is 13.9. The van der Waals surface area contributed by atoms with Gasteiger partial charge in [-0.3, -0.25) is 9.59 Å². The molecule has 0 aliphatic carbocycles. The Labute approximate surface area is 174 Å². The Balaban J connectivity index is 1.79. The smallest absolute Gasteiger partial charge is 0.257 e. The summed E-state index contributed by atoms with van der Waals surface area (Å²) in [7, 11) is 0. The number of carbonyl (C=O) groups is 2. The van der Waals surface area contributed by atoms with Crippen LogP contribution in [0.25, 0.3) is 0 Å². The highest BCUT2D eigenvalue weighted by Crippen LogP contribution is 2.38. The van der Waals surface area contributed by atoms with E-state index in [1.165, 1.54) is 0 Å². The Morgan fingerprint density at radius 3 is 2.24 bits per heavy atom. The van der Waals surface area contributed by atoms with Gasteiger partial charge >= 0.3 is 0 Å². The van der Waals surface area contributed by atoms with E-state index in [4.69, 9.17) is 9.47 Å². The molecule has 0 saturated carbocycles. The zero-order valence-corrected chi connectivity index (χ0v) is 17.3. The highest BCUT2D eigenvalue weighted by Gasteiger charge is 2.28. The maximum atomic E-state index is 13.9. The number of carbonyl (C=O) groups excluding carboxylic acids is 2. The molecule has 0 spiro atoms. The van der Waals surface area contributed by atoms with Crippen LogP contribution in [0.15, 0.2) is 34.8 Å². The fraction of sp³-hybridized carbons (Fsp3) is 0.300. The minimum Gasteiger partial charge on any atom is -0.486 e. The molecule has 1 aliphatic rings. The molecule has 2 N–H and O–H groups in total. The van der Waals surface area contributed by atoms with Crippen LogP contribution in [0.1, 0.15) is 24.2 Å². The Hall–Kier alpha value is -2.68. The van der Waals surface area contributed by atoms with Crippen LogP contribution in [0.4, 0.5) is 14.5 Å². The zero-order chi connectivity index (χ0) is 21.1. The van der Waals surface area contributed by atoms with Gasteiger partial charge in [0.2, 0.25) is 5.91 Å². The fourth-order valence-corrected chi connectivity index (χ4v) is 3.25. The Kier molecular flexibility index (Phi) is 6.36. The molecule has 2 amide bonds. The van der Waals surface area contributed by atoms with Gasteiger partial charge in [-0.05, 0) is 34.0 Å². The van der Waals surface area contributed by atoms with E-state index in [1.54, 1.807) is 26.0 Å². The zero-order valence-electron chi connectivity index (χ0n) is 15.7.